The smallest absolute Gasteiger partial charge is 0.236 e. The Hall–Kier alpha value is -1.33. The van der Waals surface area contributed by atoms with Gasteiger partial charge in [0.25, 0.3) is 0 Å². The van der Waals surface area contributed by atoms with Crippen LogP contribution < -0.4 is 16.4 Å². The van der Waals surface area contributed by atoms with Gasteiger partial charge >= 0.3 is 0 Å². The third-order valence-corrected chi connectivity index (χ3v) is 3.03. The van der Waals surface area contributed by atoms with Crippen LogP contribution in [0.3, 0.4) is 0 Å². The van der Waals surface area contributed by atoms with E-state index in [2.05, 4.69) is 0 Å². The summed E-state index contributed by atoms with van der Waals surface area (Å²) in [7, 11) is 0. The topological polar surface area (TPSA) is 72.3 Å². The van der Waals surface area contributed by atoms with E-state index in [0.717, 1.165) is 5.69 Å². The molecule has 0 aliphatic carbocycles. The van der Waals surface area contributed by atoms with Crippen LogP contribution in [0.5, 0.6) is 0 Å². The summed E-state index contributed by atoms with van der Waals surface area (Å²) in [5, 5.41) is 0.468. The molecule has 0 saturated carbocycles. The lowest BCUT2D eigenvalue weighted by Crippen LogP contribution is -2.38. The molecule has 0 aliphatic rings. The van der Waals surface area contributed by atoms with Gasteiger partial charge in [0.05, 0.1) is 11.6 Å². The number of rotatable bonds is 5. The normalized spacial score (nSPS) is 10.4. The van der Waals surface area contributed by atoms with Gasteiger partial charge in [0.2, 0.25) is 5.91 Å². The zero-order valence-corrected chi connectivity index (χ0v) is 11.9. The minimum absolute atomic E-state index is 0.129. The first kappa shape index (κ1) is 14.7. The van der Waals surface area contributed by atoms with E-state index < -0.39 is 5.91 Å². The number of nitrogens with zero attached hydrogens (tertiary/aromatic N) is 1. The maximum atomic E-state index is 11.1. The summed E-state index contributed by atoms with van der Waals surface area (Å²) in [5.41, 5.74) is 12.2. The lowest BCUT2D eigenvalue weighted by Gasteiger charge is -2.28. The van der Waals surface area contributed by atoms with Crippen LogP contribution in [-0.2, 0) is 4.79 Å². The minimum atomic E-state index is -0.391. The van der Waals surface area contributed by atoms with Gasteiger partial charge in [-0.3, -0.25) is 4.79 Å². The molecular weight excluding hydrogens is 270 g/mol. The van der Waals surface area contributed by atoms with E-state index in [1.807, 2.05) is 24.8 Å². The lowest BCUT2D eigenvalue weighted by atomic mass is 10.1. The van der Waals surface area contributed by atoms with Crippen molar-refractivity contribution in [1.82, 2.24) is 0 Å². The standard InChI is InChI=1S/C12H16ClN3OS/c1-7(2)16(6-11(14)17)8-3-4-9(12(15)18)10(13)5-8/h3-5,7H,6H2,1-2H3,(H2,14,17)(H2,15,18). The summed E-state index contributed by atoms with van der Waals surface area (Å²) in [6, 6.07) is 5.43. The van der Waals surface area contributed by atoms with Gasteiger partial charge in [-0.15, -0.1) is 0 Å². The molecule has 1 rings (SSSR count). The Balaban J connectivity index is 3.10. The molecule has 0 saturated heterocycles. The van der Waals surface area contributed by atoms with Crippen LogP contribution in [0.2, 0.25) is 5.02 Å². The Morgan fingerprint density at radius 3 is 2.44 bits per heavy atom. The number of anilines is 1. The number of carbonyl (C=O) groups excluding carboxylic acids is 1. The third kappa shape index (κ3) is 3.58. The molecule has 1 aromatic carbocycles. The van der Waals surface area contributed by atoms with Crippen molar-refractivity contribution in [2.24, 2.45) is 11.5 Å². The SMILES string of the molecule is CC(C)N(CC(N)=O)c1ccc(C(N)=S)c(Cl)c1. The van der Waals surface area contributed by atoms with E-state index in [0.29, 0.717) is 10.6 Å². The number of halogens is 1. The van der Waals surface area contributed by atoms with Gasteiger partial charge in [0, 0.05) is 17.3 Å². The van der Waals surface area contributed by atoms with Crippen LogP contribution in [0.25, 0.3) is 0 Å². The first-order valence-electron chi connectivity index (χ1n) is 5.47. The second kappa shape index (κ2) is 6.02. The molecule has 1 amide bonds. The molecule has 6 heteroatoms. The fourth-order valence-electron chi connectivity index (χ4n) is 1.62. The van der Waals surface area contributed by atoms with Gasteiger partial charge in [-0.05, 0) is 32.0 Å². The minimum Gasteiger partial charge on any atom is -0.389 e. The summed E-state index contributed by atoms with van der Waals surface area (Å²) >= 11 is 11.0. The third-order valence-electron chi connectivity index (χ3n) is 2.50. The summed E-state index contributed by atoms with van der Waals surface area (Å²) in [6.07, 6.45) is 0. The Kier molecular flexibility index (Phi) is 4.93. The monoisotopic (exact) mass is 285 g/mol. The number of nitrogens with two attached hydrogens (primary N) is 2. The molecule has 1 aromatic rings. The molecule has 4 N–H and O–H groups in total. The van der Waals surface area contributed by atoms with E-state index in [4.69, 9.17) is 35.3 Å². The molecule has 0 atom stereocenters. The first-order chi connectivity index (χ1) is 8.32. The van der Waals surface area contributed by atoms with E-state index in [9.17, 15) is 4.79 Å². The van der Waals surface area contributed by atoms with Crippen LogP contribution in [0.1, 0.15) is 19.4 Å². The maximum Gasteiger partial charge on any atom is 0.236 e. The number of benzene rings is 1. The van der Waals surface area contributed by atoms with Crippen molar-refractivity contribution in [3.63, 3.8) is 0 Å². The molecule has 98 valence electrons. The number of amides is 1. The van der Waals surface area contributed by atoms with E-state index in [1.165, 1.54) is 0 Å². The summed E-state index contributed by atoms with van der Waals surface area (Å²) < 4.78 is 0. The predicted molar refractivity (Wildman–Crippen MR) is 79.0 cm³/mol. The number of primary amides is 1. The van der Waals surface area contributed by atoms with Crippen molar-refractivity contribution in [3.8, 4) is 0 Å². The molecule has 0 aromatic heterocycles. The lowest BCUT2D eigenvalue weighted by molar-refractivity contribution is -0.116. The van der Waals surface area contributed by atoms with Crippen LogP contribution in [0, 0.1) is 0 Å². The highest BCUT2D eigenvalue weighted by Crippen LogP contribution is 2.25. The quantitative estimate of drug-likeness (QED) is 0.807. The zero-order chi connectivity index (χ0) is 13.9. The van der Waals surface area contributed by atoms with Gasteiger partial charge in [-0.1, -0.05) is 23.8 Å². The highest BCUT2D eigenvalue weighted by atomic mass is 35.5. The summed E-state index contributed by atoms with van der Waals surface area (Å²) in [4.78, 5) is 13.2. The van der Waals surface area contributed by atoms with Crippen LogP contribution in [0.15, 0.2) is 18.2 Å². The molecule has 4 nitrogen and oxygen atoms in total. The Morgan fingerprint density at radius 2 is 2.06 bits per heavy atom. The highest BCUT2D eigenvalue weighted by molar-refractivity contribution is 7.80. The summed E-state index contributed by atoms with van der Waals surface area (Å²) in [5.74, 6) is -0.391. The molecule has 0 heterocycles. The fourth-order valence-corrected chi connectivity index (χ4v) is 2.13. The molecule has 0 unspecified atom stereocenters. The fraction of sp³-hybridized carbons (Fsp3) is 0.333. The highest BCUT2D eigenvalue weighted by Gasteiger charge is 2.14. The molecule has 0 bridgehead atoms. The van der Waals surface area contributed by atoms with Gasteiger partial charge < -0.3 is 16.4 Å². The van der Waals surface area contributed by atoms with Crippen molar-refractivity contribution in [3.05, 3.63) is 28.8 Å². The van der Waals surface area contributed by atoms with E-state index >= 15 is 0 Å². The summed E-state index contributed by atoms with van der Waals surface area (Å²) in [6.45, 7) is 4.08. The molecule has 0 radical (unpaired) electrons. The van der Waals surface area contributed by atoms with Crippen molar-refractivity contribution in [2.45, 2.75) is 19.9 Å². The molecule has 0 fully saturated rings. The molecule has 0 spiro atoms. The number of thiocarbonyl (C=S) groups is 1. The van der Waals surface area contributed by atoms with E-state index in [1.54, 1.807) is 12.1 Å². The van der Waals surface area contributed by atoms with Gasteiger partial charge in [0.15, 0.2) is 0 Å². The van der Waals surface area contributed by atoms with Crippen molar-refractivity contribution in [1.29, 1.82) is 0 Å². The largest absolute Gasteiger partial charge is 0.389 e. The second-order valence-electron chi connectivity index (χ2n) is 4.22. The van der Waals surface area contributed by atoms with Gasteiger partial charge in [-0.25, -0.2) is 0 Å². The zero-order valence-electron chi connectivity index (χ0n) is 10.3. The first-order valence-corrected chi connectivity index (χ1v) is 6.26. The number of carbonyl (C=O) groups is 1. The van der Waals surface area contributed by atoms with Crippen LogP contribution >= 0.6 is 23.8 Å². The molecule has 0 aliphatic heterocycles. The van der Waals surface area contributed by atoms with Crippen molar-refractivity contribution >= 4 is 40.4 Å². The maximum absolute atomic E-state index is 11.1. The Morgan fingerprint density at radius 1 is 1.44 bits per heavy atom. The molecule has 18 heavy (non-hydrogen) atoms. The Labute approximate surface area is 117 Å². The van der Waals surface area contributed by atoms with Crippen molar-refractivity contribution < 1.29 is 4.79 Å². The Bertz CT molecular complexity index is 476. The van der Waals surface area contributed by atoms with Gasteiger partial charge in [0.1, 0.15) is 4.99 Å². The average Bonchev–Trinajstić information content (AvgIpc) is 2.24. The van der Waals surface area contributed by atoms with Crippen molar-refractivity contribution in [2.75, 3.05) is 11.4 Å². The molecular formula is C12H16ClN3OS. The number of hydrogen-bond acceptors (Lipinski definition) is 3. The van der Waals surface area contributed by atoms with E-state index in [-0.39, 0.29) is 17.6 Å². The van der Waals surface area contributed by atoms with Crippen LogP contribution in [0.4, 0.5) is 5.69 Å². The van der Waals surface area contributed by atoms with Crippen LogP contribution in [-0.4, -0.2) is 23.5 Å². The number of hydrogen-bond donors (Lipinski definition) is 2. The predicted octanol–water partition coefficient (Wildman–Crippen LogP) is 1.67. The van der Waals surface area contributed by atoms with Gasteiger partial charge in [-0.2, -0.15) is 0 Å². The average molecular weight is 286 g/mol. The second-order valence-corrected chi connectivity index (χ2v) is 5.06.